The molecular formula is C7H9NO2. The Morgan fingerprint density at radius 2 is 2.40 bits per heavy atom. The van der Waals surface area contributed by atoms with Gasteiger partial charge in [0.25, 0.3) is 0 Å². The van der Waals surface area contributed by atoms with Crippen molar-refractivity contribution in [2.24, 2.45) is 0 Å². The van der Waals surface area contributed by atoms with E-state index in [4.69, 9.17) is 4.42 Å². The molecule has 3 nitrogen and oxygen atoms in total. The molecule has 0 bridgehead atoms. The molecule has 0 spiro atoms. The molecule has 0 atom stereocenters. The first-order valence-electron chi connectivity index (χ1n) is 3.36. The Labute approximate surface area is 58.7 Å². The summed E-state index contributed by atoms with van der Waals surface area (Å²) in [6.45, 7) is 1.77. The summed E-state index contributed by atoms with van der Waals surface area (Å²) in [6, 6.07) is 0. The molecule has 1 aromatic heterocycles. The van der Waals surface area contributed by atoms with Gasteiger partial charge in [0.05, 0.1) is 0 Å². The standard InChI is InChI=1S/C7H9NO2/c1-5-8-6(4-10-5)7(9)2-3-7/h4,9H,2-3H2,1H3. The summed E-state index contributed by atoms with van der Waals surface area (Å²) in [7, 11) is 0. The first-order chi connectivity index (χ1) is 4.71. The van der Waals surface area contributed by atoms with Crippen LogP contribution in [0.5, 0.6) is 0 Å². The predicted molar refractivity (Wildman–Crippen MR) is 34.4 cm³/mol. The van der Waals surface area contributed by atoms with Crippen molar-refractivity contribution in [3.63, 3.8) is 0 Å². The lowest BCUT2D eigenvalue weighted by Gasteiger charge is -1.98. The Morgan fingerprint density at radius 3 is 2.80 bits per heavy atom. The van der Waals surface area contributed by atoms with Crippen LogP contribution in [-0.2, 0) is 5.60 Å². The molecule has 1 aliphatic rings. The van der Waals surface area contributed by atoms with Gasteiger partial charge in [0.1, 0.15) is 17.6 Å². The van der Waals surface area contributed by atoms with Gasteiger partial charge >= 0.3 is 0 Å². The third kappa shape index (κ3) is 0.743. The molecule has 1 aliphatic carbocycles. The maximum atomic E-state index is 9.49. The Hall–Kier alpha value is -0.830. The van der Waals surface area contributed by atoms with E-state index in [2.05, 4.69) is 4.98 Å². The Balaban J connectivity index is 2.34. The monoisotopic (exact) mass is 139 g/mol. The third-order valence-corrected chi connectivity index (χ3v) is 1.82. The molecule has 0 saturated heterocycles. The van der Waals surface area contributed by atoms with Crippen LogP contribution in [0.1, 0.15) is 24.4 Å². The number of nitrogens with zero attached hydrogens (tertiary/aromatic N) is 1. The number of hydrogen-bond acceptors (Lipinski definition) is 3. The lowest BCUT2D eigenvalue weighted by molar-refractivity contribution is 0.146. The van der Waals surface area contributed by atoms with E-state index in [1.165, 1.54) is 6.26 Å². The molecule has 1 N–H and O–H groups in total. The van der Waals surface area contributed by atoms with Gasteiger partial charge in [-0.25, -0.2) is 4.98 Å². The molecule has 0 aliphatic heterocycles. The van der Waals surface area contributed by atoms with Gasteiger partial charge in [-0.1, -0.05) is 0 Å². The van der Waals surface area contributed by atoms with Crippen LogP contribution in [0.3, 0.4) is 0 Å². The molecule has 0 radical (unpaired) electrons. The summed E-state index contributed by atoms with van der Waals surface area (Å²) in [5.41, 5.74) is 0.0441. The number of aryl methyl sites for hydroxylation is 1. The fraction of sp³-hybridized carbons (Fsp3) is 0.571. The highest BCUT2D eigenvalue weighted by molar-refractivity contribution is 5.15. The average molecular weight is 139 g/mol. The van der Waals surface area contributed by atoms with Crippen molar-refractivity contribution in [3.05, 3.63) is 17.8 Å². The molecule has 1 heterocycles. The average Bonchev–Trinajstić information content (AvgIpc) is 2.45. The van der Waals surface area contributed by atoms with Crippen molar-refractivity contribution in [2.75, 3.05) is 0 Å². The SMILES string of the molecule is Cc1nc(C2(O)CC2)co1. The van der Waals surface area contributed by atoms with Crippen LogP contribution in [0.4, 0.5) is 0 Å². The molecule has 1 aromatic rings. The molecule has 1 saturated carbocycles. The lowest BCUT2D eigenvalue weighted by Crippen LogP contribution is -2.03. The molecule has 10 heavy (non-hydrogen) atoms. The first-order valence-corrected chi connectivity index (χ1v) is 3.36. The Morgan fingerprint density at radius 1 is 1.70 bits per heavy atom. The minimum Gasteiger partial charge on any atom is -0.449 e. The molecule has 0 unspecified atom stereocenters. The van der Waals surface area contributed by atoms with E-state index in [0.717, 1.165) is 12.8 Å². The number of rotatable bonds is 1. The van der Waals surface area contributed by atoms with Crippen LogP contribution >= 0.6 is 0 Å². The zero-order valence-corrected chi connectivity index (χ0v) is 5.79. The minimum atomic E-state index is -0.641. The molecule has 1 fully saturated rings. The van der Waals surface area contributed by atoms with Gasteiger partial charge < -0.3 is 9.52 Å². The smallest absolute Gasteiger partial charge is 0.191 e. The van der Waals surface area contributed by atoms with Gasteiger partial charge in [-0.2, -0.15) is 0 Å². The van der Waals surface area contributed by atoms with Crippen LogP contribution in [0.2, 0.25) is 0 Å². The fourth-order valence-electron chi connectivity index (χ4n) is 0.952. The largest absolute Gasteiger partial charge is 0.449 e. The van der Waals surface area contributed by atoms with E-state index in [9.17, 15) is 5.11 Å². The molecule has 3 heteroatoms. The van der Waals surface area contributed by atoms with Crippen LogP contribution in [0, 0.1) is 6.92 Å². The van der Waals surface area contributed by atoms with E-state index in [1.807, 2.05) is 0 Å². The quantitative estimate of drug-likeness (QED) is 0.630. The molecular weight excluding hydrogens is 130 g/mol. The van der Waals surface area contributed by atoms with Crippen molar-refractivity contribution >= 4 is 0 Å². The van der Waals surface area contributed by atoms with Crippen molar-refractivity contribution in [3.8, 4) is 0 Å². The highest BCUT2D eigenvalue weighted by Crippen LogP contribution is 2.44. The maximum absolute atomic E-state index is 9.49. The number of aliphatic hydroxyl groups is 1. The molecule has 54 valence electrons. The summed E-state index contributed by atoms with van der Waals surface area (Å²) in [6.07, 6.45) is 3.17. The Bertz CT molecular complexity index is 250. The minimum absolute atomic E-state index is 0.621. The van der Waals surface area contributed by atoms with E-state index in [-0.39, 0.29) is 0 Å². The van der Waals surface area contributed by atoms with Crippen molar-refractivity contribution < 1.29 is 9.52 Å². The second-order valence-electron chi connectivity index (χ2n) is 2.78. The topological polar surface area (TPSA) is 46.3 Å². The molecule has 2 rings (SSSR count). The first kappa shape index (κ1) is 5.92. The maximum Gasteiger partial charge on any atom is 0.191 e. The zero-order valence-electron chi connectivity index (χ0n) is 5.79. The lowest BCUT2D eigenvalue weighted by atomic mass is 10.3. The van der Waals surface area contributed by atoms with E-state index >= 15 is 0 Å². The highest BCUT2D eigenvalue weighted by Gasteiger charge is 2.44. The third-order valence-electron chi connectivity index (χ3n) is 1.82. The van der Waals surface area contributed by atoms with Crippen LogP contribution in [0.15, 0.2) is 10.7 Å². The summed E-state index contributed by atoms with van der Waals surface area (Å²) < 4.78 is 4.96. The van der Waals surface area contributed by atoms with Gasteiger partial charge in [-0.3, -0.25) is 0 Å². The van der Waals surface area contributed by atoms with E-state index in [1.54, 1.807) is 6.92 Å². The van der Waals surface area contributed by atoms with Crippen LogP contribution in [-0.4, -0.2) is 10.1 Å². The van der Waals surface area contributed by atoms with Gasteiger partial charge in [-0.05, 0) is 12.8 Å². The normalized spacial score (nSPS) is 21.0. The molecule has 0 amide bonds. The van der Waals surface area contributed by atoms with Crippen LogP contribution in [0.25, 0.3) is 0 Å². The summed E-state index contributed by atoms with van der Waals surface area (Å²) in [5.74, 6) is 0.621. The number of aromatic nitrogens is 1. The zero-order chi connectivity index (χ0) is 7.19. The fourth-order valence-corrected chi connectivity index (χ4v) is 0.952. The summed E-state index contributed by atoms with van der Waals surface area (Å²) in [5, 5.41) is 9.49. The van der Waals surface area contributed by atoms with E-state index < -0.39 is 5.60 Å². The van der Waals surface area contributed by atoms with Gasteiger partial charge in [0.15, 0.2) is 5.89 Å². The van der Waals surface area contributed by atoms with Crippen molar-refractivity contribution in [1.82, 2.24) is 4.98 Å². The molecule has 0 aromatic carbocycles. The highest BCUT2D eigenvalue weighted by atomic mass is 16.3. The number of hydrogen-bond donors (Lipinski definition) is 1. The van der Waals surface area contributed by atoms with Gasteiger partial charge in [0.2, 0.25) is 0 Å². The van der Waals surface area contributed by atoms with Crippen molar-refractivity contribution in [1.29, 1.82) is 0 Å². The second kappa shape index (κ2) is 1.61. The van der Waals surface area contributed by atoms with Gasteiger partial charge in [0, 0.05) is 6.92 Å². The van der Waals surface area contributed by atoms with Gasteiger partial charge in [-0.15, -0.1) is 0 Å². The Kier molecular flexibility index (Phi) is 0.951. The summed E-state index contributed by atoms with van der Waals surface area (Å²) in [4.78, 5) is 4.03. The number of oxazole rings is 1. The van der Waals surface area contributed by atoms with E-state index in [0.29, 0.717) is 11.6 Å². The predicted octanol–water partition coefficient (Wildman–Crippen LogP) is 0.964. The van der Waals surface area contributed by atoms with Crippen molar-refractivity contribution in [2.45, 2.75) is 25.4 Å². The summed E-state index contributed by atoms with van der Waals surface area (Å²) >= 11 is 0. The second-order valence-corrected chi connectivity index (χ2v) is 2.78. The van der Waals surface area contributed by atoms with Crippen LogP contribution < -0.4 is 0 Å².